The Kier molecular flexibility index (Phi) is 3.99. The molecule has 1 saturated heterocycles. The summed E-state index contributed by atoms with van der Waals surface area (Å²) >= 11 is 0. The van der Waals surface area contributed by atoms with Gasteiger partial charge in [-0.1, -0.05) is 0 Å². The summed E-state index contributed by atoms with van der Waals surface area (Å²) in [5.74, 6) is -1.47. The molecule has 1 atom stereocenters. The summed E-state index contributed by atoms with van der Waals surface area (Å²) in [6.45, 7) is 1.51. The minimum atomic E-state index is -3.07. The van der Waals surface area contributed by atoms with Crippen molar-refractivity contribution in [3.8, 4) is 0 Å². The number of nitrogens with zero attached hydrogens (tertiary/aromatic N) is 2. The van der Waals surface area contributed by atoms with E-state index >= 15 is 0 Å². The molecule has 0 radical (unpaired) electrons. The molecule has 1 aliphatic rings. The highest BCUT2D eigenvalue weighted by molar-refractivity contribution is 7.91. The monoisotopic (exact) mass is 312 g/mol. The van der Waals surface area contributed by atoms with Gasteiger partial charge in [-0.25, -0.2) is 18.2 Å². The van der Waals surface area contributed by atoms with Gasteiger partial charge in [0.2, 0.25) is 0 Å². The molecular formula is C13H16N2O5S. The van der Waals surface area contributed by atoms with Gasteiger partial charge in [0, 0.05) is 13.1 Å². The lowest BCUT2D eigenvalue weighted by Gasteiger charge is -2.23. The Labute approximate surface area is 122 Å². The zero-order valence-electron chi connectivity index (χ0n) is 11.7. The Hall–Kier alpha value is -1.96. The summed E-state index contributed by atoms with van der Waals surface area (Å²) < 4.78 is 22.9. The first kappa shape index (κ1) is 15.4. The predicted octanol–water partition coefficient (Wildman–Crippen LogP) is 0.347. The first-order chi connectivity index (χ1) is 9.71. The molecule has 1 N–H and O–H groups in total. The van der Waals surface area contributed by atoms with Crippen molar-refractivity contribution < 1.29 is 23.1 Å². The van der Waals surface area contributed by atoms with Gasteiger partial charge in [-0.2, -0.15) is 0 Å². The smallest absolute Gasteiger partial charge is 0.337 e. The summed E-state index contributed by atoms with van der Waals surface area (Å²) in [5, 5.41) is 8.93. The van der Waals surface area contributed by atoms with E-state index in [-0.39, 0.29) is 34.5 Å². The summed E-state index contributed by atoms with van der Waals surface area (Å²) in [6, 6.07) is 2.32. The van der Waals surface area contributed by atoms with Crippen LogP contribution in [0.25, 0.3) is 0 Å². The number of carboxylic acid groups (broad SMARTS) is 1. The molecule has 0 saturated carbocycles. The van der Waals surface area contributed by atoms with Crippen molar-refractivity contribution in [1.82, 2.24) is 9.88 Å². The van der Waals surface area contributed by atoms with Crippen molar-refractivity contribution in [3.63, 3.8) is 0 Å². The zero-order valence-corrected chi connectivity index (χ0v) is 12.6. The molecule has 2 heterocycles. The number of carboxylic acids is 1. The van der Waals surface area contributed by atoms with Crippen LogP contribution in [-0.2, 0) is 9.84 Å². The number of aryl methyl sites for hydroxylation is 1. The van der Waals surface area contributed by atoms with E-state index in [1.807, 2.05) is 0 Å². The summed E-state index contributed by atoms with van der Waals surface area (Å²) in [5.41, 5.74) is 0.405. The third-order valence-electron chi connectivity index (χ3n) is 3.61. The van der Waals surface area contributed by atoms with E-state index in [9.17, 15) is 18.0 Å². The Morgan fingerprint density at radius 1 is 1.38 bits per heavy atom. The fourth-order valence-corrected chi connectivity index (χ4v) is 4.11. The highest BCUT2D eigenvalue weighted by atomic mass is 32.2. The Morgan fingerprint density at radius 3 is 2.52 bits per heavy atom. The number of carbonyl (C=O) groups is 2. The highest BCUT2D eigenvalue weighted by Crippen LogP contribution is 2.18. The van der Waals surface area contributed by atoms with E-state index in [4.69, 9.17) is 5.11 Å². The van der Waals surface area contributed by atoms with Gasteiger partial charge in [0.25, 0.3) is 5.91 Å². The summed E-state index contributed by atoms with van der Waals surface area (Å²) in [4.78, 5) is 28.6. The van der Waals surface area contributed by atoms with Crippen LogP contribution in [0.5, 0.6) is 0 Å². The van der Waals surface area contributed by atoms with Crippen LogP contribution in [0.4, 0.5) is 0 Å². The molecule has 0 aromatic carbocycles. The van der Waals surface area contributed by atoms with Gasteiger partial charge in [-0.3, -0.25) is 4.79 Å². The molecule has 21 heavy (non-hydrogen) atoms. The lowest BCUT2D eigenvalue weighted by atomic mass is 10.1. The lowest BCUT2D eigenvalue weighted by molar-refractivity contribution is 0.0690. The zero-order chi connectivity index (χ0) is 15.8. The Morgan fingerprint density at radius 2 is 2.05 bits per heavy atom. The van der Waals surface area contributed by atoms with Gasteiger partial charge in [0.1, 0.15) is 5.69 Å². The molecule has 1 aromatic heterocycles. The molecule has 114 valence electrons. The molecule has 1 aliphatic heterocycles. The van der Waals surface area contributed by atoms with Crippen LogP contribution in [0.3, 0.4) is 0 Å². The van der Waals surface area contributed by atoms with Gasteiger partial charge in [0.15, 0.2) is 9.84 Å². The number of carbonyl (C=O) groups excluding carboxylic acids is 1. The SMILES string of the molecule is Cc1nc(C(=O)N(C)C2CCS(=O)(=O)C2)ccc1C(=O)O. The van der Waals surface area contributed by atoms with Gasteiger partial charge < -0.3 is 10.0 Å². The molecule has 0 bridgehead atoms. The van der Waals surface area contributed by atoms with Crippen LogP contribution in [-0.4, -0.2) is 59.9 Å². The van der Waals surface area contributed by atoms with E-state index < -0.39 is 21.7 Å². The number of aromatic nitrogens is 1. The first-order valence-electron chi connectivity index (χ1n) is 6.40. The van der Waals surface area contributed by atoms with E-state index in [2.05, 4.69) is 4.98 Å². The van der Waals surface area contributed by atoms with Crippen molar-refractivity contribution in [2.24, 2.45) is 0 Å². The molecule has 1 amide bonds. The number of rotatable bonds is 3. The van der Waals surface area contributed by atoms with Crippen LogP contribution >= 0.6 is 0 Å². The van der Waals surface area contributed by atoms with Crippen molar-refractivity contribution in [2.45, 2.75) is 19.4 Å². The molecule has 2 rings (SSSR count). The number of sulfone groups is 1. The standard InChI is InChI=1S/C13H16N2O5S/c1-8-10(13(17)18)3-4-11(14-8)12(16)15(2)9-5-6-21(19,20)7-9/h3-4,9H,5-7H2,1-2H3,(H,17,18). The largest absolute Gasteiger partial charge is 0.478 e. The van der Waals surface area contributed by atoms with Crippen molar-refractivity contribution in [2.75, 3.05) is 18.6 Å². The Balaban J connectivity index is 2.20. The fraction of sp³-hybridized carbons (Fsp3) is 0.462. The number of pyridine rings is 1. The first-order valence-corrected chi connectivity index (χ1v) is 8.22. The van der Waals surface area contributed by atoms with E-state index in [0.29, 0.717) is 6.42 Å². The van der Waals surface area contributed by atoms with Crippen LogP contribution < -0.4 is 0 Å². The summed E-state index contributed by atoms with van der Waals surface area (Å²) in [6.07, 6.45) is 0.413. The average Bonchev–Trinajstić information content (AvgIpc) is 2.76. The molecule has 1 aromatic rings. The molecule has 1 unspecified atom stereocenters. The Bertz CT molecular complexity index is 699. The molecule has 8 heteroatoms. The minimum absolute atomic E-state index is 0.0395. The second-order valence-corrected chi connectivity index (χ2v) is 7.34. The normalized spacial score (nSPS) is 20.2. The van der Waals surface area contributed by atoms with Crippen LogP contribution in [0.1, 0.15) is 33.0 Å². The highest BCUT2D eigenvalue weighted by Gasteiger charge is 2.33. The molecule has 7 nitrogen and oxygen atoms in total. The average molecular weight is 312 g/mol. The third kappa shape index (κ3) is 3.21. The predicted molar refractivity (Wildman–Crippen MR) is 75.1 cm³/mol. The van der Waals surface area contributed by atoms with Crippen LogP contribution in [0.15, 0.2) is 12.1 Å². The summed E-state index contributed by atoms with van der Waals surface area (Å²) in [7, 11) is -1.54. The number of hydrogen-bond donors (Lipinski definition) is 1. The van der Waals surface area contributed by atoms with Gasteiger partial charge in [0.05, 0.1) is 22.8 Å². The van der Waals surface area contributed by atoms with Crippen LogP contribution in [0.2, 0.25) is 0 Å². The molecule has 1 fully saturated rings. The maximum Gasteiger partial charge on any atom is 0.337 e. The number of amides is 1. The molecular weight excluding hydrogens is 296 g/mol. The van der Waals surface area contributed by atoms with Gasteiger partial charge in [-0.05, 0) is 25.5 Å². The number of aromatic carboxylic acids is 1. The minimum Gasteiger partial charge on any atom is -0.478 e. The second-order valence-electron chi connectivity index (χ2n) is 5.11. The third-order valence-corrected chi connectivity index (χ3v) is 5.36. The van der Waals surface area contributed by atoms with Crippen molar-refractivity contribution in [3.05, 3.63) is 29.1 Å². The quantitative estimate of drug-likeness (QED) is 0.863. The van der Waals surface area contributed by atoms with E-state index in [1.165, 1.54) is 31.0 Å². The molecule has 0 aliphatic carbocycles. The number of hydrogen-bond acceptors (Lipinski definition) is 5. The van der Waals surface area contributed by atoms with E-state index in [0.717, 1.165) is 0 Å². The van der Waals surface area contributed by atoms with Gasteiger partial charge >= 0.3 is 5.97 Å². The fourth-order valence-electron chi connectivity index (χ4n) is 2.33. The van der Waals surface area contributed by atoms with E-state index in [1.54, 1.807) is 0 Å². The van der Waals surface area contributed by atoms with Crippen LogP contribution in [0, 0.1) is 6.92 Å². The second kappa shape index (κ2) is 5.44. The maximum absolute atomic E-state index is 12.3. The van der Waals surface area contributed by atoms with Crippen molar-refractivity contribution in [1.29, 1.82) is 0 Å². The van der Waals surface area contributed by atoms with Gasteiger partial charge in [-0.15, -0.1) is 0 Å². The maximum atomic E-state index is 12.3. The lowest BCUT2D eigenvalue weighted by Crippen LogP contribution is -2.38. The molecule has 0 spiro atoms. The van der Waals surface area contributed by atoms with Crippen molar-refractivity contribution >= 4 is 21.7 Å². The topological polar surface area (TPSA) is 105 Å².